The fraction of sp³-hybridized carbons (Fsp3) is 0.250. The molecule has 1 aromatic carbocycles. The van der Waals surface area contributed by atoms with Crippen LogP contribution in [0.25, 0.3) is 0 Å². The Bertz CT molecular complexity index is 1010. The quantitative estimate of drug-likeness (QED) is 0.607. The van der Waals surface area contributed by atoms with Crippen molar-refractivity contribution in [3.8, 4) is 5.75 Å². The minimum absolute atomic E-state index is 0.00456. The fourth-order valence-corrected chi connectivity index (χ4v) is 2.30. The first-order valence-electron chi connectivity index (χ1n) is 7.77. The smallest absolute Gasteiger partial charge is 0.328 e. The van der Waals surface area contributed by atoms with Gasteiger partial charge >= 0.3 is 5.69 Å². The van der Waals surface area contributed by atoms with Crippen LogP contribution in [0.4, 0.5) is 4.39 Å². The molecule has 0 spiro atoms. The second-order valence-corrected chi connectivity index (χ2v) is 5.38. The molecule has 2 aromatic heterocycles. The molecule has 10 heteroatoms. The molecule has 2 N–H and O–H groups in total. The first kappa shape index (κ1) is 17.5. The molecule has 2 heterocycles. The van der Waals surface area contributed by atoms with Crippen LogP contribution < -0.4 is 16.0 Å². The first-order valence-corrected chi connectivity index (χ1v) is 7.77. The van der Waals surface area contributed by atoms with Gasteiger partial charge in [-0.2, -0.15) is 5.10 Å². The Hall–Kier alpha value is -3.27. The molecule has 0 unspecified atom stereocenters. The van der Waals surface area contributed by atoms with Gasteiger partial charge in [0.15, 0.2) is 5.82 Å². The Labute approximate surface area is 146 Å². The molecule has 0 fully saturated rings. The van der Waals surface area contributed by atoms with E-state index in [2.05, 4.69) is 15.1 Å². The van der Waals surface area contributed by atoms with Gasteiger partial charge in [0, 0.05) is 18.3 Å². The minimum atomic E-state index is -0.575. The summed E-state index contributed by atoms with van der Waals surface area (Å²) in [6.07, 6.45) is 1.35. The number of nitrogens with one attached hydrogen (secondary N) is 1. The maximum Gasteiger partial charge on any atom is 0.328 e. The van der Waals surface area contributed by atoms with Gasteiger partial charge in [0.2, 0.25) is 0 Å². The fourth-order valence-electron chi connectivity index (χ4n) is 2.30. The number of aromatic amines is 1. The summed E-state index contributed by atoms with van der Waals surface area (Å²) in [4.78, 5) is 29.4. The summed E-state index contributed by atoms with van der Waals surface area (Å²) in [6, 6.07) is 6.90. The number of aliphatic hydroxyl groups excluding tert-OH is 1. The van der Waals surface area contributed by atoms with E-state index in [0.717, 1.165) is 0 Å². The van der Waals surface area contributed by atoms with Crippen LogP contribution in [-0.2, 0) is 19.7 Å². The molecule has 9 nitrogen and oxygen atoms in total. The molecule has 3 aromatic rings. The predicted molar refractivity (Wildman–Crippen MR) is 88.3 cm³/mol. The van der Waals surface area contributed by atoms with Crippen LogP contribution in [0.5, 0.6) is 5.75 Å². The molecule has 0 amide bonds. The molecule has 0 saturated carbocycles. The molecular formula is C16H16FN5O4. The van der Waals surface area contributed by atoms with Gasteiger partial charge in [0.25, 0.3) is 5.56 Å². The van der Waals surface area contributed by atoms with E-state index in [-0.39, 0.29) is 26.3 Å². The number of benzene rings is 1. The standard InChI is InChI=1S/C16H16FN5O4/c17-11-2-1-3-12(8-11)26-10-13-18-14(22(20-13)6-7-23)9-21-5-4-15(24)19-16(21)25/h1-5,8,23H,6-7,9-10H2,(H,19,24,25). The molecule has 0 atom stereocenters. The molecule has 26 heavy (non-hydrogen) atoms. The number of hydrogen-bond acceptors (Lipinski definition) is 6. The van der Waals surface area contributed by atoms with Crippen molar-refractivity contribution in [1.82, 2.24) is 24.3 Å². The number of rotatable bonds is 7. The highest BCUT2D eigenvalue weighted by Crippen LogP contribution is 2.13. The molecule has 0 bridgehead atoms. The van der Waals surface area contributed by atoms with E-state index in [0.29, 0.717) is 17.4 Å². The van der Waals surface area contributed by atoms with E-state index in [9.17, 15) is 19.1 Å². The molecule has 0 radical (unpaired) electrons. The summed E-state index contributed by atoms with van der Waals surface area (Å²) in [5.74, 6) is 0.641. The highest BCUT2D eigenvalue weighted by molar-refractivity contribution is 5.22. The zero-order valence-corrected chi connectivity index (χ0v) is 13.6. The van der Waals surface area contributed by atoms with Crippen LogP contribution in [0.2, 0.25) is 0 Å². The topological polar surface area (TPSA) is 115 Å². The third-order valence-electron chi connectivity index (χ3n) is 3.48. The SMILES string of the molecule is O=c1ccn(Cc2nc(COc3cccc(F)c3)nn2CCO)c(=O)[nH]1. The maximum atomic E-state index is 13.2. The lowest BCUT2D eigenvalue weighted by atomic mass is 10.3. The average molecular weight is 361 g/mol. The average Bonchev–Trinajstić information content (AvgIpc) is 2.98. The van der Waals surface area contributed by atoms with E-state index in [1.807, 2.05) is 0 Å². The van der Waals surface area contributed by atoms with Crippen molar-refractivity contribution < 1.29 is 14.2 Å². The normalized spacial score (nSPS) is 10.8. The highest BCUT2D eigenvalue weighted by Gasteiger charge is 2.12. The summed E-state index contributed by atoms with van der Waals surface area (Å²) in [7, 11) is 0. The largest absolute Gasteiger partial charge is 0.485 e. The summed E-state index contributed by atoms with van der Waals surface area (Å²) < 4.78 is 21.3. The van der Waals surface area contributed by atoms with Gasteiger partial charge in [-0.15, -0.1) is 0 Å². The second kappa shape index (κ2) is 7.74. The number of aromatic nitrogens is 5. The number of aliphatic hydroxyl groups is 1. The summed E-state index contributed by atoms with van der Waals surface area (Å²) in [5, 5.41) is 13.4. The minimum Gasteiger partial charge on any atom is -0.485 e. The number of H-pyrrole nitrogens is 1. The lowest BCUT2D eigenvalue weighted by molar-refractivity contribution is 0.263. The number of halogens is 1. The lowest BCUT2D eigenvalue weighted by Gasteiger charge is -2.05. The Morgan fingerprint density at radius 2 is 2.12 bits per heavy atom. The van der Waals surface area contributed by atoms with E-state index in [1.54, 1.807) is 6.07 Å². The summed E-state index contributed by atoms with van der Waals surface area (Å²) in [5.41, 5.74) is -1.07. The summed E-state index contributed by atoms with van der Waals surface area (Å²) in [6.45, 7) is 0.0689. The number of nitrogens with zero attached hydrogens (tertiary/aromatic N) is 4. The van der Waals surface area contributed by atoms with Crippen molar-refractivity contribution in [2.75, 3.05) is 6.61 Å². The maximum absolute atomic E-state index is 13.2. The lowest BCUT2D eigenvalue weighted by Crippen LogP contribution is -2.29. The molecule has 136 valence electrons. The van der Waals surface area contributed by atoms with Crippen LogP contribution in [-0.4, -0.2) is 36.0 Å². The Morgan fingerprint density at radius 3 is 2.85 bits per heavy atom. The van der Waals surface area contributed by atoms with Crippen molar-refractivity contribution >= 4 is 0 Å². The summed E-state index contributed by atoms with van der Waals surface area (Å²) >= 11 is 0. The van der Waals surface area contributed by atoms with E-state index in [4.69, 9.17) is 4.74 Å². The predicted octanol–water partition coefficient (Wildman–Crippen LogP) is -0.113. The number of ether oxygens (including phenoxy) is 1. The third-order valence-corrected chi connectivity index (χ3v) is 3.48. The Balaban J connectivity index is 1.79. The molecule has 0 saturated heterocycles. The molecule has 0 aliphatic rings. The van der Waals surface area contributed by atoms with Crippen molar-refractivity contribution in [3.63, 3.8) is 0 Å². The van der Waals surface area contributed by atoms with Crippen molar-refractivity contribution in [2.45, 2.75) is 19.7 Å². The highest BCUT2D eigenvalue weighted by atomic mass is 19.1. The molecule has 0 aliphatic carbocycles. The monoisotopic (exact) mass is 361 g/mol. The van der Waals surface area contributed by atoms with Crippen molar-refractivity contribution in [1.29, 1.82) is 0 Å². The van der Waals surface area contributed by atoms with Gasteiger partial charge in [0.1, 0.15) is 24.0 Å². The molecular weight excluding hydrogens is 345 g/mol. The molecule has 3 rings (SSSR count). The zero-order chi connectivity index (χ0) is 18.5. The third kappa shape index (κ3) is 4.22. The van der Waals surface area contributed by atoms with Crippen LogP contribution in [0.3, 0.4) is 0 Å². The van der Waals surface area contributed by atoms with Crippen molar-refractivity contribution in [2.24, 2.45) is 0 Å². The van der Waals surface area contributed by atoms with Gasteiger partial charge < -0.3 is 9.84 Å². The molecule has 0 aliphatic heterocycles. The van der Waals surface area contributed by atoms with Gasteiger partial charge in [0.05, 0.1) is 19.7 Å². The van der Waals surface area contributed by atoms with Crippen molar-refractivity contribution in [3.05, 3.63) is 74.8 Å². The van der Waals surface area contributed by atoms with E-state index >= 15 is 0 Å². The van der Waals surface area contributed by atoms with Gasteiger partial charge in [-0.25, -0.2) is 18.9 Å². The number of hydrogen-bond donors (Lipinski definition) is 2. The van der Waals surface area contributed by atoms with Crippen LogP contribution in [0, 0.1) is 5.82 Å². The van der Waals surface area contributed by atoms with E-state index in [1.165, 1.54) is 39.7 Å². The Kier molecular flexibility index (Phi) is 5.23. The second-order valence-electron chi connectivity index (χ2n) is 5.38. The van der Waals surface area contributed by atoms with Gasteiger partial charge in [-0.3, -0.25) is 14.3 Å². The van der Waals surface area contributed by atoms with Crippen LogP contribution in [0.1, 0.15) is 11.6 Å². The van der Waals surface area contributed by atoms with Crippen LogP contribution in [0.15, 0.2) is 46.1 Å². The zero-order valence-electron chi connectivity index (χ0n) is 13.6. The van der Waals surface area contributed by atoms with E-state index < -0.39 is 17.1 Å². The van der Waals surface area contributed by atoms with Gasteiger partial charge in [-0.05, 0) is 12.1 Å². The van der Waals surface area contributed by atoms with Gasteiger partial charge in [-0.1, -0.05) is 6.07 Å². The first-order chi connectivity index (χ1) is 12.5. The Morgan fingerprint density at radius 1 is 1.27 bits per heavy atom. The van der Waals surface area contributed by atoms with Crippen LogP contribution >= 0.6 is 0 Å².